The van der Waals surface area contributed by atoms with Gasteiger partial charge in [-0.1, -0.05) is 279 Å². The lowest BCUT2D eigenvalue weighted by Crippen LogP contribution is -2.47. The van der Waals surface area contributed by atoms with Crippen molar-refractivity contribution < 1.29 is 37.3 Å². The van der Waals surface area contributed by atoms with E-state index in [1.165, 1.54) is 154 Å². The Morgan fingerprint density at radius 2 is 0.771 bits per heavy atom. The summed E-state index contributed by atoms with van der Waals surface area (Å²) in [5, 5.41) is 3.07. The van der Waals surface area contributed by atoms with Gasteiger partial charge in [0.15, 0.2) is 0 Å². The summed E-state index contributed by atoms with van der Waals surface area (Å²) in [6, 6.07) is -0.863. The number of nitrogens with zero attached hydrogens (tertiary/aromatic N) is 1. The van der Waals surface area contributed by atoms with E-state index in [-0.39, 0.29) is 31.5 Å². The van der Waals surface area contributed by atoms with Crippen LogP contribution < -0.4 is 5.32 Å². The number of carbonyl (C=O) groups excluding carboxylic acids is 2. The van der Waals surface area contributed by atoms with Crippen molar-refractivity contribution in [3.63, 3.8) is 0 Å². The number of esters is 1. The summed E-state index contributed by atoms with van der Waals surface area (Å²) in [6.07, 6.45) is 84.1. The number of quaternary nitrogens is 1. The monoisotopic (exact) mass is 1180 g/mol. The Bertz CT molecular complexity index is 1740. The Balaban J connectivity index is 5.19. The predicted molar refractivity (Wildman–Crippen MR) is 360 cm³/mol. The van der Waals surface area contributed by atoms with Gasteiger partial charge in [-0.05, 0) is 109 Å². The molecular formula is C73H132N2O7P+. The van der Waals surface area contributed by atoms with Gasteiger partial charge in [0.2, 0.25) is 5.91 Å². The van der Waals surface area contributed by atoms with Gasteiger partial charge in [0, 0.05) is 12.8 Å². The number of allylic oxidation sites excluding steroid dienone is 15. The quantitative estimate of drug-likeness (QED) is 0.0205. The first kappa shape index (κ1) is 79.9. The van der Waals surface area contributed by atoms with Crippen molar-refractivity contribution in [3.05, 3.63) is 97.2 Å². The third kappa shape index (κ3) is 63.3. The van der Waals surface area contributed by atoms with Crippen LogP contribution in [0.4, 0.5) is 0 Å². The maximum atomic E-state index is 13.6. The Kier molecular flexibility index (Phi) is 59.7. The zero-order valence-corrected chi connectivity index (χ0v) is 55.8. The molecule has 0 aliphatic carbocycles. The van der Waals surface area contributed by atoms with Crippen LogP contribution in [-0.2, 0) is 27.9 Å². The lowest BCUT2D eigenvalue weighted by atomic mass is 10.0. The van der Waals surface area contributed by atoms with E-state index in [0.717, 1.165) is 109 Å². The second kappa shape index (κ2) is 62.0. The van der Waals surface area contributed by atoms with Crippen LogP contribution in [0.2, 0.25) is 0 Å². The highest BCUT2D eigenvalue weighted by Gasteiger charge is 2.30. The van der Waals surface area contributed by atoms with E-state index in [2.05, 4.69) is 111 Å². The molecule has 0 bridgehead atoms. The minimum atomic E-state index is -4.46. The summed E-state index contributed by atoms with van der Waals surface area (Å²) in [4.78, 5) is 37.9. The molecule has 0 aliphatic rings. The third-order valence-corrected chi connectivity index (χ3v) is 16.0. The molecule has 0 saturated carbocycles. The summed E-state index contributed by atoms with van der Waals surface area (Å²) >= 11 is 0. The van der Waals surface area contributed by atoms with Crippen molar-refractivity contribution in [2.24, 2.45) is 0 Å². The average Bonchev–Trinajstić information content (AvgIpc) is 3.47. The van der Waals surface area contributed by atoms with E-state index in [9.17, 15) is 19.0 Å². The van der Waals surface area contributed by atoms with Crippen LogP contribution in [0.25, 0.3) is 0 Å². The van der Waals surface area contributed by atoms with Gasteiger partial charge in [-0.3, -0.25) is 18.6 Å². The molecule has 0 fully saturated rings. The fraction of sp³-hybridized carbons (Fsp3) is 0.753. The van der Waals surface area contributed by atoms with Gasteiger partial charge in [-0.25, -0.2) is 4.57 Å². The number of phosphoric ester groups is 1. The second-order valence-corrected chi connectivity index (χ2v) is 25.8. The molecule has 0 aliphatic heterocycles. The first-order valence-corrected chi connectivity index (χ1v) is 36.1. The van der Waals surface area contributed by atoms with Gasteiger partial charge in [0.1, 0.15) is 19.3 Å². The molecule has 0 aromatic rings. The molecule has 0 heterocycles. The number of amides is 1. The van der Waals surface area contributed by atoms with Gasteiger partial charge >= 0.3 is 13.8 Å². The van der Waals surface area contributed by atoms with Crippen LogP contribution in [0.1, 0.15) is 303 Å². The molecule has 0 saturated heterocycles. The van der Waals surface area contributed by atoms with Crippen LogP contribution in [0, 0.1) is 0 Å². The van der Waals surface area contributed by atoms with Crippen LogP contribution >= 0.6 is 7.82 Å². The SMILES string of the molecule is CC/C=C\C/C=C\C/C=C\C/C=C\C/C=C\CCCCCCCC(=O)OC(/C=C/CCCCCCCCCCCCC)C(COP(=O)(O)OCC[N+](C)(C)C)NC(=O)CCCCCCCCCCCCCCC/C=C\C/C=C\CCCCC. The molecule has 0 aromatic heterocycles. The first-order valence-electron chi connectivity index (χ1n) is 34.6. The average molecular weight is 1180 g/mol. The van der Waals surface area contributed by atoms with Gasteiger partial charge in [-0.15, -0.1) is 0 Å². The maximum Gasteiger partial charge on any atom is 0.472 e. The maximum absolute atomic E-state index is 13.6. The van der Waals surface area contributed by atoms with Crippen LogP contribution in [0.15, 0.2) is 97.2 Å². The van der Waals surface area contributed by atoms with Gasteiger partial charge in [0.25, 0.3) is 0 Å². The number of unbranched alkanes of at least 4 members (excludes halogenated alkanes) is 32. The molecule has 3 atom stereocenters. The van der Waals surface area contributed by atoms with E-state index < -0.39 is 20.0 Å². The van der Waals surface area contributed by atoms with Crippen molar-refractivity contribution in [2.75, 3.05) is 40.9 Å². The van der Waals surface area contributed by atoms with Crippen LogP contribution in [0.3, 0.4) is 0 Å². The molecule has 1 amide bonds. The molecule has 480 valence electrons. The van der Waals surface area contributed by atoms with Crippen molar-refractivity contribution in [2.45, 2.75) is 315 Å². The number of nitrogens with one attached hydrogen (secondary N) is 1. The number of phosphoric acid groups is 1. The van der Waals surface area contributed by atoms with E-state index in [4.69, 9.17) is 13.8 Å². The highest BCUT2D eigenvalue weighted by atomic mass is 31.2. The molecule has 0 rings (SSSR count). The second-order valence-electron chi connectivity index (χ2n) is 24.3. The first-order chi connectivity index (χ1) is 40.4. The van der Waals surface area contributed by atoms with Gasteiger partial charge < -0.3 is 19.4 Å². The zero-order chi connectivity index (χ0) is 60.7. The highest BCUT2D eigenvalue weighted by Crippen LogP contribution is 2.43. The minimum Gasteiger partial charge on any atom is -0.456 e. The molecule has 83 heavy (non-hydrogen) atoms. The fourth-order valence-electron chi connectivity index (χ4n) is 9.70. The van der Waals surface area contributed by atoms with Crippen molar-refractivity contribution >= 4 is 19.7 Å². The number of carbonyl (C=O) groups is 2. The van der Waals surface area contributed by atoms with E-state index in [1.54, 1.807) is 0 Å². The molecule has 10 heteroatoms. The Morgan fingerprint density at radius 3 is 1.18 bits per heavy atom. The number of ether oxygens (including phenoxy) is 1. The molecule has 2 N–H and O–H groups in total. The summed E-state index contributed by atoms with van der Waals surface area (Å²) in [7, 11) is 1.48. The molecule has 0 spiro atoms. The standard InChI is InChI=1S/C73H131N2O7P/c1-7-10-13-16-19-22-25-28-30-32-34-36-37-39-40-42-44-47-50-53-56-59-62-65-72(76)74-70(69-81-83(78,79)80-68-67-75(4,5)6)71(64-61-58-55-52-49-46-27-24-21-18-15-12-9-3)82-73(77)66-63-60-57-54-51-48-45-43-41-38-35-33-31-29-26-23-20-17-14-11-8-2/h11,14,19-20,22-23,28-31,35,38,43,45,61,64,70-71H,7-10,12-13,15-18,21,24-27,32-34,36-37,39-42,44,46-60,62-63,65-69H2,1-6H3,(H-,74,76,78,79)/p+1/b14-11-,22-19-,23-20-,30-28-,31-29-,38-35-,45-43-,64-61+. The fourth-order valence-corrected chi connectivity index (χ4v) is 10.4. The van der Waals surface area contributed by atoms with Crippen molar-refractivity contribution in [1.82, 2.24) is 5.32 Å². The largest absolute Gasteiger partial charge is 0.472 e. The Labute approximate surface area is 513 Å². The zero-order valence-electron chi connectivity index (χ0n) is 54.9. The van der Waals surface area contributed by atoms with Gasteiger partial charge in [-0.2, -0.15) is 0 Å². The Morgan fingerprint density at radius 1 is 0.434 bits per heavy atom. The summed E-state index contributed by atoms with van der Waals surface area (Å²) in [5.74, 6) is -0.524. The van der Waals surface area contributed by atoms with Crippen molar-refractivity contribution in [1.29, 1.82) is 0 Å². The summed E-state index contributed by atoms with van der Waals surface area (Å²) < 4.78 is 30.8. The summed E-state index contributed by atoms with van der Waals surface area (Å²) in [6.45, 7) is 6.88. The van der Waals surface area contributed by atoms with Crippen LogP contribution in [0.5, 0.6) is 0 Å². The molecule has 3 unspecified atom stereocenters. The number of hydrogen-bond acceptors (Lipinski definition) is 6. The highest BCUT2D eigenvalue weighted by molar-refractivity contribution is 7.47. The van der Waals surface area contributed by atoms with E-state index >= 15 is 0 Å². The minimum absolute atomic E-state index is 0.0332. The van der Waals surface area contributed by atoms with Crippen molar-refractivity contribution in [3.8, 4) is 0 Å². The number of hydrogen-bond donors (Lipinski definition) is 2. The van der Waals surface area contributed by atoms with Crippen LogP contribution in [-0.4, -0.2) is 74.3 Å². The smallest absolute Gasteiger partial charge is 0.456 e. The molecule has 0 aromatic carbocycles. The summed E-state index contributed by atoms with van der Waals surface area (Å²) in [5.41, 5.74) is 0. The topological polar surface area (TPSA) is 111 Å². The molecule has 9 nitrogen and oxygen atoms in total. The van der Waals surface area contributed by atoms with E-state index in [0.29, 0.717) is 23.9 Å². The van der Waals surface area contributed by atoms with E-state index in [1.807, 2.05) is 33.3 Å². The molecular weight excluding hydrogens is 1050 g/mol. The predicted octanol–water partition coefficient (Wildman–Crippen LogP) is 21.9. The number of rotatable bonds is 62. The Hall–Kier alpha value is -3.07. The van der Waals surface area contributed by atoms with Gasteiger partial charge in [0.05, 0.1) is 33.8 Å². The lowest BCUT2D eigenvalue weighted by Gasteiger charge is -2.27. The normalized spacial score (nSPS) is 14.2. The lowest BCUT2D eigenvalue weighted by molar-refractivity contribution is -0.870. The third-order valence-electron chi connectivity index (χ3n) is 15.0. The molecule has 0 radical (unpaired) electrons. The number of likely N-dealkylation sites (N-methyl/N-ethyl adjacent to an activating group) is 1.